The Bertz CT molecular complexity index is 857. The number of rotatable bonds is 6. The zero-order chi connectivity index (χ0) is 21.9. The van der Waals surface area contributed by atoms with Crippen LogP contribution in [0, 0.1) is 0 Å². The number of carbonyl (C=O) groups excluding carboxylic acids is 1. The van der Waals surface area contributed by atoms with Crippen LogP contribution in [0.5, 0.6) is 5.75 Å². The zero-order valence-corrected chi connectivity index (χ0v) is 19.1. The maximum atomic E-state index is 13.0. The van der Waals surface area contributed by atoms with Gasteiger partial charge in [-0.1, -0.05) is 26.0 Å². The van der Waals surface area contributed by atoms with E-state index in [9.17, 15) is 4.79 Å². The van der Waals surface area contributed by atoms with Crippen molar-refractivity contribution < 1.29 is 14.3 Å². The lowest BCUT2D eigenvalue weighted by molar-refractivity contribution is 0.0486. The summed E-state index contributed by atoms with van der Waals surface area (Å²) in [5.41, 5.74) is 2.43. The fraction of sp³-hybridized carbons (Fsp3) is 0.583. The molecule has 0 atom stereocenters. The highest BCUT2D eigenvalue weighted by Crippen LogP contribution is 2.35. The van der Waals surface area contributed by atoms with E-state index in [1.165, 1.54) is 5.56 Å². The number of amides is 1. The van der Waals surface area contributed by atoms with Gasteiger partial charge in [0, 0.05) is 30.9 Å². The molecule has 0 spiro atoms. The van der Waals surface area contributed by atoms with Crippen LogP contribution >= 0.6 is 0 Å². The van der Waals surface area contributed by atoms with Gasteiger partial charge in [-0.3, -0.25) is 9.48 Å². The van der Waals surface area contributed by atoms with Crippen LogP contribution in [0.25, 0.3) is 0 Å². The number of nitrogens with zero attached hydrogens (tertiary/aromatic N) is 2. The molecule has 2 heterocycles. The van der Waals surface area contributed by atoms with E-state index < -0.39 is 0 Å². The molecule has 164 valence electrons. The minimum absolute atomic E-state index is 0.126. The minimum Gasteiger partial charge on any atom is -0.497 e. The summed E-state index contributed by atoms with van der Waals surface area (Å²) in [5.74, 6) is 0.998. The fourth-order valence-corrected chi connectivity index (χ4v) is 4.07. The van der Waals surface area contributed by atoms with Gasteiger partial charge in [-0.15, -0.1) is 0 Å². The smallest absolute Gasteiger partial charge is 0.271 e. The van der Waals surface area contributed by atoms with E-state index in [0.717, 1.165) is 24.3 Å². The predicted molar refractivity (Wildman–Crippen MR) is 118 cm³/mol. The van der Waals surface area contributed by atoms with Gasteiger partial charge in [0.1, 0.15) is 11.4 Å². The van der Waals surface area contributed by atoms with Crippen molar-refractivity contribution in [1.29, 1.82) is 0 Å². The molecule has 2 aromatic rings. The summed E-state index contributed by atoms with van der Waals surface area (Å²) in [6, 6.07) is 10.1. The van der Waals surface area contributed by atoms with Crippen LogP contribution < -0.4 is 10.1 Å². The second-order valence-electron chi connectivity index (χ2n) is 9.50. The van der Waals surface area contributed by atoms with E-state index in [2.05, 4.69) is 57.2 Å². The number of carbonyl (C=O) groups is 1. The standard InChI is InChI=1S/C24H35N3O3/c1-17(2)21-15-20(26-27(21)23(3,4)5)22(28)25-16-24(11-13-30-14-12-24)18-7-9-19(29-6)10-8-18/h7-10,15,17H,11-14,16H2,1-6H3,(H,25,28). The van der Waals surface area contributed by atoms with Gasteiger partial charge in [-0.05, 0) is 63.3 Å². The zero-order valence-electron chi connectivity index (χ0n) is 19.1. The second kappa shape index (κ2) is 8.80. The number of methoxy groups -OCH3 is 1. The lowest BCUT2D eigenvalue weighted by atomic mass is 9.74. The van der Waals surface area contributed by atoms with Crippen molar-refractivity contribution in [2.75, 3.05) is 26.9 Å². The number of hydrogen-bond donors (Lipinski definition) is 1. The molecule has 6 heteroatoms. The van der Waals surface area contributed by atoms with Gasteiger partial charge in [0.05, 0.1) is 12.6 Å². The molecule has 1 aliphatic rings. The summed E-state index contributed by atoms with van der Waals surface area (Å²) in [6.45, 7) is 12.5. The molecule has 1 aromatic heterocycles. The van der Waals surface area contributed by atoms with Crippen molar-refractivity contribution in [2.24, 2.45) is 0 Å². The Morgan fingerprint density at radius 3 is 2.37 bits per heavy atom. The third kappa shape index (κ3) is 4.69. The highest BCUT2D eigenvalue weighted by atomic mass is 16.5. The Labute approximate surface area is 180 Å². The molecule has 1 N–H and O–H groups in total. The van der Waals surface area contributed by atoms with Gasteiger partial charge < -0.3 is 14.8 Å². The SMILES string of the molecule is COc1ccc(C2(CNC(=O)c3cc(C(C)C)n(C(C)(C)C)n3)CCOCC2)cc1. The first-order valence-electron chi connectivity index (χ1n) is 10.8. The largest absolute Gasteiger partial charge is 0.497 e. The summed E-state index contributed by atoms with van der Waals surface area (Å²) in [4.78, 5) is 13.0. The van der Waals surface area contributed by atoms with Gasteiger partial charge in [-0.25, -0.2) is 0 Å². The molecule has 1 amide bonds. The van der Waals surface area contributed by atoms with E-state index in [-0.39, 0.29) is 16.9 Å². The molecular formula is C24H35N3O3. The molecule has 1 fully saturated rings. The van der Waals surface area contributed by atoms with Crippen LogP contribution in [0.1, 0.15) is 75.1 Å². The van der Waals surface area contributed by atoms with Crippen LogP contribution in [0.2, 0.25) is 0 Å². The molecule has 6 nitrogen and oxygen atoms in total. The summed E-state index contributed by atoms with van der Waals surface area (Å²) in [5, 5.41) is 7.81. The molecule has 0 bridgehead atoms. The highest BCUT2D eigenvalue weighted by molar-refractivity contribution is 5.92. The molecule has 0 radical (unpaired) electrons. The van der Waals surface area contributed by atoms with Crippen molar-refractivity contribution in [3.05, 3.63) is 47.3 Å². The molecule has 1 aromatic carbocycles. The number of ether oxygens (including phenoxy) is 2. The Hall–Kier alpha value is -2.34. The van der Waals surface area contributed by atoms with Crippen molar-refractivity contribution >= 4 is 5.91 Å². The summed E-state index contributed by atoms with van der Waals surface area (Å²) >= 11 is 0. The second-order valence-corrected chi connectivity index (χ2v) is 9.50. The van der Waals surface area contributed by atoms with E-state index >= 15 is 0 Å². The van der Waals surface area contributed by atoms with Crippen molar-refractivity contribution in [3.8, 4) is 5.75 Å². The Kier molecular flexibility index (Phi) is 6.56. The van der Waals surface area contributed by atoms with Crippen LogP contribution in [-0.2, 0) is 15.7 Å². The van der Waals surface area contributed by atoms with Gasteiger partial charge in [0.15, 0.2) is 0 Å². The average Bonchev–Trinajstić information content (AvgIpc) is 3.19. The number of aromatic nitrogens is 2. The molecule has 0 unspecified atom stereocenters. The maximum absolute atomic E-state index is 13.0. The summed E-state index contributed by atoms with van der Waals surface area (Å²) in [7, 11) is 1.67. The monoisotopic (exact) mass is 413 g/mol. The maximum Gasteiger partial charge on any atom is 0.271 e. The van der Waals surface area contributed by atoms with Crippen LogP contribution in [0.3, 0.4) is 0 Å². The Morgan fingerprint density at radius 1 is 1.23 bits per heavy atom. The molecule has 1 aliphatic heterocycles. The van der Waals surface area contributed by atoms with Crippen LogP contribution in [0.4, 0.5) is 0 Å². The van der Waals surface area contributed by atoms with Gasteiger partial charge in [0.2, 0.25) is 0 Å². The topological polar surface area (TPSA) is 65.4 Å². The first-order valence-corrected chi connectivity index (χ1v) is 10.8. The molecule has 0 saturated carbocycles. The van der Waals surface area contributed by atoms with Crippen LogP contribution in [-0.4, -0.2) is 42.6 Å². The van der Waals surface area contributed by atoms with Crippen molar-refractivity contribution in [1.82, 2.24) is 15.1 Å². The summed E-state index contributed by atoms with van der Waals surface area (Å²) in [6.07, 6.45) is 1.74. The lowest BCUT2D eigenvalue weighted by Gasteiger charge is -2.38. The van der Waals surface area contributed by atoms with E-state index in [4.69, 9.17) is 9.47 Å². The third-order valence-electron chi connectivity index (χ3n) is 5.94. The predicted octanol–water partition coefficient (Wildman–Crippen LogP) is 4.25. The first kappa shape index (κ1) is 22.3. The van der Waals surface area contributed by atoms with Gasteiger partial charge >= 0.3 is 0 Å². The van der Waals surface area contributed by atoms with Crippen LogP contribution in [0.15, 0.2) is 30.3 Å². The lowest BCUT2D eigenvalue weighted by Crippen LogP contribution is -2.44. The number of nitrogens with one attached hydrogen (secondary N) is 1. The molecule has 3 rings (SSSR count). The quantitative estimate of drug-likeness (QED) is 0.769. The number of benzene rings is 1. The minimum atomic E-state index is -0.177. The van der Waals surface area contributed by atoms with E-state index in [0.29, 0.717) is 31.4 Å². The Balaban J connectivity index is 1.81. The average molecular weight is 414 g/mol. The highest BCUT2D eigenvalue weighted by Gasteiger charge is 2.35. The van der Waals surface area contributed by atoms with Gasteiger partial charge in [0.25, 0.3) is 5.91 Å². The molecule has 1 saturated heterocycles. The van der Waals surface area contributed by atoms with Crippen molar-refractivity contribution in [2.45, 2.75) is 64.3 Å². The van der Waals surface area contributed by atoms with Crippen molar-refractivity contribution in [3.63, 3.8) is 0 Å². The van der Waals surface area contributed by atoms with E-state index in [1.807, 2.05) is 22.9 Å². The normalized spacial score (nSPS) is 16.5. The third-order valence-corrected chi connectivity index (χ3v) is 5.94. The summed E-state index contributed by atoms with van der Waals surface area (Å²) < 4.78 is 12.9. The Morgan fingerprint density at radius 2 is 1.87 bits per heavy atom. The molecular weight excluding hydrogens is 378 g/mol. The first-order chi connectivity index (χ1) is 14.2. The van der Waals surface area contributed by atoms with E-state index in [1.54, 1.807) is 7.11 Å². The number of hydrogen-bond acceptors (Lipinski definition) is 4. The fourth-order valence-electron chi connectivity index (χ4n) is 4.07. The van der Waals surface area contributed by atoms with Gasteiger partial charge in [-0.2, -0.15) is 5.10 Å². The molecule has 0 aliphatic carbocycles. The molecule has 30 heavy (non-hydrogen) atoms.